The fourth-order valence-electron chi connectivity index (χ4n) is 2.38. The lowest BCUT2D eigenvalue weighted by Crippen LogP contribution is -2.44. The van der Waals surface area contributed by atoms with Gasteiger partial charge in [0.1, 0.15) is 10.4 Å². The van der Waals surface area contributed by atoms with E-state index in [1.54, 1.807) is 18.2 Å². The molecule has 0 spiro atoms. The number of carboxylic acid groups (broad SMARTS) is 2. The van der Waals surface area contributed by atoms with Crippen LogP contribution in [0.15, 0.2) is 29.2 Å². The number of carboxylic acids is 2. The number of hydrogen-bond donors (Lipinski definition) is 2. The Morgan fingerprint density at radius 2 is 1.84 bits per heavy atom. The van der Waals surface area contributed by atoms with E-state index in [1.807, 2.05) is 13.8 Å². The fourth-order valence-corrected chi connectivity index (χ4v) is 3.74. The van der Waals surface area contributed by atoms with Crippen LogP contribution >= 0.6 is 24.0 Å². The molecule has 1 saturated heterocycles. The minimum Gasteiger partial charge on any atom is -0.480 e. The summed E-state index contributed by atoms with van der Waals surface area (Å²) in [6, 6.07) is 5.05. The molecule has 1 amide bonds. The summed E-state index contributed by atoms with van der Waals surface area (Å²) >= 11 is 6.25. The number of aliphatic carboxylic acids is 1. The molecule has 1 aliphatic rings. The smallest absolute Gasteiger partial charge is 0.335 e. The number of benzene rings is 1. The van der Waals surface area contributed by atoms with Gasteiger partial charge in [0.2, 0.25) is 0 Å². The van der Waals surface area contributed by atoms with Gasteiger partial charge in [-0.3, -0.25) is 9.69 Å². The molecule has 2 N–H and O–H groups in total. The van der Waals surface area contributed by atoms with Gasteiger partial charge >= 0.3 is 11.9 Å². The fraction of sp³-hybridized carbons (Fsp3) is 0.294. The SMILES string of the molecule is CC(C)C[C@@H](C(=O)O)N1C(=O)/C(=C/c2ccc(C(=O)O)cc2)SC1=S. The van der Waals surface area contributed by atoms with Crippen molar-refractivity contribution in [2.75, 3.05) is 0 Å². The zero-order chi connectivity index (χ0) is 18.7. The Balaban J connectivity index is 2.27. The number of aromatic carboxylic acids is 1. The molecule has 0 radical (unpaired) electrons. The van der Waals surface area contributed by atoms with E-state index in [0.29, 0.717) is 16.9 Å². The van der Waals surface area contributed by atoms with Crippen LogP contribution in [0.5, 0.6) is 0 Å². The number of carbonyl (C=O) groups excluding carboxylic acids is 1. The second-order valence-electron chi connectivity index (χ2n) is 5.96. The molecule has 132 valence electrons. The molecule has 1 atom stereocenters. The first-order valence-corrected chi connectivity index (χ1v) is 8.76. The average Bonchev–Trinajstić information content (AvgIpc) is 2.79. The third-order valence-corrected chi connectivity index (χ3v) is 4.90. The monoisotopic (exact) mass is 379 g/mol. The molecule has 0 saturated carbocycles. The van der Waals surface area contributed by atoms with Crippen molar-refractivity contribution in [1.29, 1.82) is 0 Å². The summed E-state index contributed by atoms with van der Waals surface area (Å²) in [5.74, 6) is -2.46. The van der Waals surface area contributed by atoms with Crippen molar-refractivity contribution < 1.29 is 24.6 Å². The van der Waals surface area contributed by atoms with Crippen molar-refractivity contribution in [2.24, 2.45) is 5.92 Å². The van der Waals surface area contributed by atoms with Crippen LogP contribution in [0.1, 0.15) is 36.2 Å². The van der Waals surface area contributed by atoms with Gasteiger partial charge in [-0.15, -0.1) is 0 Å². The maximum atomic E-state index is 12.6. The zero-order valence-corrected chi connectivity index (χ0v) is 15.3. The van der Waals surface area contributed by atoms with Crippen LogP contribution in [0.25, 0.3) is 6.08 Å². The number of rotatable bonds is 6. The van der Waals surface area contributed by atoms with E-state index in [4.69, 9.17) is 17.3 Å². The van der Waals surface area contributed by atoms with E-state index in [0.717, 1.165) is 16.7 Å². The van der Waals surface area contributed by atoms with Gasteiger partial charge in [-0.2, -0.15) is 0 Å². The first kappa shape index (κ1) is 19.1. The highest BCUT2D eigenvalue weighted by Gasteiger charge is 2.40. The summed E-state index contributed by atoms with van der Waals surface area (Å²) in [7, 11) is 0. The Labute approximate surface area is 154 Å². The third kappa shape index (κ3) is 4.46. The van der Waals surface area contributed by atoms with Crippen molar-refractivity contribution in [3.63, 3.8) is 0 Å². The second kappa shape index (κ2) is 7.79. The molecule has 0 aromatic heterocycles. The number of nitrogens with zero attached hydrogens (tertiary/aromatic N) is 1. The van der Waals surface area contributed by atoms with Gasteiger partial charge in [0, 0.05) is 0 Å². The van der Waals surface area contributed by atoms with Gasteiger partial charge in [-0.25, -0.2) is 9.59 Å². The van der Waals surface area contributed by atoms with E-state index < -0.39 is 23.9 Å². The van der Waals surface area contributed by atoms with Gasteiger partial charge in [0.05, 0.1) is 10.5 Å². The minimum atomic E-state index is -1.09. The molecule has 25 heavy (non-hydrogen) atoms. The first-order valence-electron chi connectivity index (χ1n) is 7.54. The largest absolute Gasteiger partial charge is 0.480 e. The summed E-state index contributed by atoms with van der Waals surface area (Å²) in [6.07, 6.45) is 1.89. The van der Waals surface area contributed by atoms with Gasteiger partial charge in [0.15, 0.2) is 0 Å². The lowest BCUT2D eigenvalue weighted by atomic mass is 10.0. The molecule has 0 unspecified atom stereocenters. The van der Waals surface area contributed by atoms with Crippen LogP contribution in [0.2, 0.25) is 0 Å². The van der Waals surface area contributed by atoms with Crippen molar-refractivity contribution in [3.05, 3.63) is 40.3 Å². The summed E-state index contributed by atoms with van der Waals surface area (Å²) in [5.41, 5.74) is 0.786. The first-order chi connectivity index (χ1) is 11.7. The number of thioether (sulfide) groups is 1. The van der Waals surface area contributed by atoms with E-state index in [9.17, 15) is 19.5 Å². The van der Waals surface area contributed by atoms with E-state index in [-0.39, 0.29) is 15.8 Å². The number of hydrogen-bond acceptors (Lipinski definition) is 5. The lowest BCUT2D eigenvalue weighted by molar-refractivity contribution is -0.145. The van der Waals surface area contributed by atoms with Crippen LogP contribution in [0, 0.1) is 5.92 Å². The number of amides is 1. The summed E-state index contributed by atoms with van der Waals surface area (Å²) in [4.78, 5) is 36.5. The predicted octanol–water partition coefficient (Wildman–Crippen LogP) is 3.09. The maximum Gasteiger partial charge on any atom is 0.335 e. The molecule has 1 fully saturated rings. The topological polar surface area (TPSA) is 94.9 Å². The molecule has 1 aliphatic heterocycles. The van der Waals surface area contributed by atoms with Crippen molar-refractivity contribution in [2.45, 2.75) is 26.3 Å². The number of thiocarbonyl (C=S) groups is 1. The second-order valence-corrected chi connectivity index (χ2v) is 7.64. The molecule has 0 aliphatic carbocycles. The Hall–Kier alpha value is -2.19. The molecule has 1 aromatic rings. The standard InChI is InChI=1S/C17H17NO5S2/c1-9(2)7-12(16(22)23)18-14(19)13(25-17(18)24)8-10-3-5-11(6-4-10)15(20)21/h3-6,8-9,12H,7H2,1-2H3,(H,20,21)(H,22,23)/b13-8-/t12-/m0/s1. The van der Waals surface area contributed by atoms with Gasteiger partial charge < -0.3 is 10.2 Å². The maximum absolute atomic E-state index is 12.6. The van der Waals surface area contributed by atoms with Crippen molar-refractivity contribution >= 4 is 52.2 Å². The van der Waals surface area contributed by atoms with Crippen LogP contribution < -0.4 is 0 Å². The molecule has 6 nitrogen and oxygen atoms in total. The number of carbonyl (C=O) groups is 3. The quantitative estimate of drug-likeness (QED) is 0.579. The highest BCUT2D eigenvalue weighted by Crippen LogP contribution is 2.35. The summed E-state index contributed by atoms with van der Waals surface area (Å²) in [5, 5.41) is 18.3. The Morgan fingerprint density at radius 1 is 1.24 bits per heavy atom. The van der Waals surface area contributed by atoms with Crippen LogP contribution in [0.3, 0.4) is 0 Å². The average molecular weight is 379 g/mol. The lowest BCUT2D eigenvalue weighted by Gasteiger charge is -2.24. The summed E-state index contributed by atoms with van der Waals surface area (Å²) < 4.78 is 0.214. The van der Waals surface area contributed by atoms with E-state index in [2.05, 4.69) is 0 Å². The van der Waals surface area contributed by atoms with Gasteiger partial charge in [-0.05, 0) is 36.1 Å². The van der Waals surface area contributed by atoms with Crippen molar-refractivity contribution in [3.8, 4) is 0 Å². The molecule has 1 heterocycles. The highest BCUT2D eigenvalue weighted by molar-refractivity contribution is 8.26. The Bertz CT molecular complexity index is 755. The minimum absolute atomic E-state index is 0.0956. The van der Waals surface area contributed by atoms with Crippen LogP contribution in [-0.2, 0) is 9.59 Å². The van der Waals surface area contributed by atoms with E-state index in [1.165, 1.54) is 12.1 Å². The van der Waals surface area contributed by atoms with Crippen LogP contribution in [0.4, 0.5) is 0 Å². The van der Waals surface area contributed by atoms with Gasteiger partial charge in [0.25, 0.3) is 5.91 Å². The van der Waals surface area contributed by atoms with Gasteiger partial charge in [-0.1, -0.05) is 50.0 Å². The zero-order valence-electron chi connectivity index (χ0n) is 13.6. The molecule has 2 rings (SSSR count). The summed E-state index contributed by atoms with van der Waals surface area (Å²) in [6.45, 7) is 3.76. The predicted molar refractivity (Wildman–Crippen MR) is 99.3 cm³/mol. The van der Waals surface area contributed by atoms with E-state index >= 15 is 0 Å². The third-order valence-electron chi connectivity index (χ3n) is 3.57. The molecule has 1 aromatic carbocycles. The molecule has 8 heteroatoms. The normalized spacial score (nSPS) is 17.4. The van der Waals surface area contributed by atoms with Crippen molar-refractivity contribution in [1.82, 2.24) is 4.90 Å². The molecule has 0 bridgehead atoms. The van der Waals surface area contributed by atoms with Crippen LogP contribution in [-0.4, -0.2) is 43.3 Å². The Kier molecular flexibility index (Phi) is 5.97. The molecular formula is C17H17NO5S2. The molecular weight excluding hydrogens is 362 g/mol. The Morgan fingerprint density at radius 3 is 2.32 bits per heavy atom. The highest BCUT2D eigenvalue weighted by atomic mass is 32.2.